The number of nitrogens with one attached hydrogen (secondary N) is 10. The summed E-state index contributed by atoms with van der Waals surface area (Å²) >= 11 is 1.05. The number of carboxylic acid groups (broad SMARTS) is 1. The van der Waals surface area contributed by atoms with Crippen LogP contribution < -0.4 is 47.9 Å². The first-order valence-corrected chi connectivity index (χ1v) is 27.7. The molecule has 4 aromatic carbocycles. The van der Waals surface area contributed by atoms with E-state index in [4.69, 9.17) is 0 Å². The van der Waals surface area contributed by atoms with Crippen LogP contribution in [-0.4, -0.2) is 125 Å². The second-order valence-corrected chi connectivity index (χ2v) is 21.1. The molecule has 20 nitrogen and oxygen atoms in total. The van der Waals surface area contributed by atoms with Crippen LogP contribution in [0.25, 0.3) is 10.9 Å². The van der Waals surface area contributed by atoms with E-state index in [0.717, 1.165) is 18.2 Å². The molecule has 1 fully saturated rings. The number of aromatic amines is 1. The van der Waals surface area contributed by atoms with Crippen molar-refractivity contribution < 1.29 is 48.3 Å². The van der Waals surface area contributed by atoms with Crippen molar-refractivity contribution in [2.75, 3.05) is 25.4 Å². The Kier molecular flexibility index (Phi) is 20.4. The standard InChI is InChI=1S/C58H70N10O10S/c1-5-34(3)49-54(75)61-31-47(70)62-45(53(74)64-44(57(77)78)30-46(69)68-58(36-19-10-7-11-20-36,37-21-12-8-13-22-37)38-23-14-9-15-24-38)33-79-56-40(39-25-16-17-26-41(39)65-56)29-43(51(72)60-32-48(71)66-49)63-55(76)50(35(4)6-2)67-52(73)42-27-18-28-59-42/h7-17,19-26,34-35,42-45,49-50,59,65H,5-6,18,27-33H2,1-4H3,(H,60,72)(H,61,75)(H,62,70)(H,63,76)(H,64,74)(H,66,71)(H,67,73)(H,68,69)(H,77,78)/t34-,35-,42-,43-,44-,45-,49-,50-/m0/s1. The summed E-state index contributed by atoms with van der Waals surface area (Å²) in [6.45, 7) is 6.64. The first-order chi connectivity index (χ1) is 38.0. The van der Waals surface area contributed by atoms with Crippen molar-refractivity contribution in [3.05, 3.63) is 138 Å². The number of thioether (sulfide) groups is 1. The van der Waals surface area contributed by atoms with Gasteiger partial charge in [0.2, 0.25) is 47.3 Å². The summed E-state index contributed by atoms with van der Waals surface area (Å²) in [4.78, 5) is 129. The van der Waals surface area contributed by atoms with E-state index in [9.17, 15) is 48.3 Å². The van der Waals surface area contributed by atoms with Crippen LogP contribution in [0, 0.1) is 11.8 Å². The van der Waals surface area contributed by atoms with Gasteiger partial charge in [-0.3, -0.25) is 38.4 Å². The second-order valence-electron chi connectivity index (χ2n) is 20.1. The molecule has 79 heavy (non-hydrogen) atoms. The highest BCUT2D eigenvalue weighted by molar-refractivity contribution is 7.99. The van der Waals surface area contributed by atoms with Crippen LogP contribution in [0.1, 0.15) is 82.1 Å². The molecule has 21 heteroatoms. The number of rotatable bonds is 17. The molecule has 3 heterocycles. The molecule has 0 unspecified atom stereocenters. The fourth-order valence-corrected chi connectivity index (χ4v) is 10.9. The van der Waals surface area contributed by atoms with E-state index < -0.39 is 115 Å². The van der Waals surface area contributed by atoms with E-state index in [2.05, 4.69) is 52.8 Å². The van der Waals surface area contributed by atoms with Gasteiger partial charge in [-0.1, -0.05) is 150 Å². The number of H-pyrrole nitrogens is 1. The predicted octanol–water partition coefficient (Wildman–Crippen LogP) is 2.90. The van der Waals surface area contributed by atoms with Crippen molar-refractivity contribution in [1.82, 2.24) is 52.8 Å². The molecule has 1 saturated heterocycles. The first-order valence-electron chi connectivity index (χ1n) is 26.7. The van der Waals surface area contributed by atoms with E-state index in [-0.39, 0.29) is 24.0 Å². The van der Waals surface area contributed by atoms with Crippen molar-refractivity contribution in [1.29, 1.82) is 0 Å². The van der Waals surface area contributed by atoms with Crippen LogP contribution >= 0.6 is 11.8 Å². The molecule has 0 aliphatic carbocycles. The number of carboxylic acids is 1. The number of amides is 8. The Morgan fingerprint density at radius 2 is 1.28 bits per heavy atom. The maximum Gasteiger partial charge on any atom is 0.326 e. The van der Waals surface area contributed by atoms with Gasteiger partial charge in [0, 0.05) is 23.1 Å². The summed E-state index contributed by atoms with van der Waals surface area (Å²) in [6, 6.07) is 27.4. The molecule has 0 radical (unpaired) electrons. The van der Waals surface area contributed by atoms with E-state index in [0.29, 0.717) is 64.0 Å². The third-order valence-electron chi connectivity index (χ3n) is 14.6. The number of aliphatic carboxylic acids is 1. The van der Waals surface area contributed by atoms with Gasteiger partial charge < -0.3 is 57.9 Å². The lowest BCUT2D eigenvalue weighted by molar-refractivity contribution is -0.144. The summed E-state index contributed by atoms with van der Waals surface area (Å²) in [6.07, 6.45) is 1.41. The number of hydrogen-bond donors (Lipinski definition) is 11. The largest absolute Gasteiger partial charge is 0.480 e. The Balaban J connectivity index is 1.21. The summed E-state index contributed by atoms with van der Waals surface area (Å²) in [5, 5.41) is 36.7. The Hall–Kier alpha value is -8.04. The molecule has 0 saturated carbocycles. The average Bonchev–Trinajstić information content (AvgIpc) is 4.16. The number of para-hydroxylation sites is 1. The van der Waals surface area contributed by atoms with Gasteiger partial charge in [0.25, 0.3) is 0 Å². The lowest BCUT2D eigenvalue weighted by atomic mass is 9.77. The van der Waals surface area contributed by atoms with Crippen molar-refractivity contribution in [2.24, 2.45) is 11.8 Å². The molecular formula is C58H70N10O10S. The maximum absolute atomic E-state index is 14.6. The zero-order valence-electron chi connectivity index (χ0n) is 44.7. The number of aromatic nitrogens is 1. The van der Waals surface area contributed by atoms with Gasteiger partial charge in [-0.25, -0.2) is 4.79 Å². The molecule has 7 rings (SSSR count). The Labute approximate surface area is 462 Å². The van der Waals surface area contributed by atoms with Crippen molar-refractivity contribution in [3.63, 3.8) is 0 Å². The number of carbonyl (C=O) groups is 9. The molecule has 8 atom stereocenters. The number of hydrogen-bond acceptors (Lipinski definition) is 11. The third kappa shape index (κ3) is 14.8. The van der Waals surface area contributed by atoms with Crippen LogP contribution in [0.4, 0.5) is 0 Å². The lowest BCUT2D eigenvalue weighted by Gasteiger charge is -2.37. The van der Waals surface area contributed by atoms with Gasteiger partial charge in [-0.15, -0.1) is 11.8 Å². The van der Waals surface area contributed by atoms with Gasteiger partial charge in [0.05, 0.1) is 30.6 Å². The Morgan fingerprint density at radius 1 is 0.709 bits per heavy atom. The number of fused-ring (bicyclic) bond motifs is 3. The fraction of sp³-hybridized carbons (Fsp3) is 0.397. The van der Waals surface area contributed by atoms with E-state index in [1.807, 2.05) is 105 Å². The second kappa shape index (κ2) is 27.5. The summed E-state index contributed by atoms with van der Waals surface area (Å²) in [5.74, 6) is -8.32. The Bertz CT molecular complexity index is 2880. The average molecular weight is 1100 g/mol. The van der Waals surface area contributed by atoms with Gasteiger partial charge >= 0.3 is 5.97 Å². The van der Waals surface area contributed by atoms with Gasteiger partial charge in [-0.05, 0) is 59.5 Å². The van der Waals surface area contributed by atoms with Crippen LogP contribution in [0.2, 0.25) is 0 Å². The summed E-state index contributed by atoms with van der Waals surface area (Å²) < 4.78 is 0. The zero-order valence-corrected chi connectivity index (χ0v) is 45.5. The van der Waals surface area contributed by atoms with Crippen LogP contribution in [-0.2, 0) is 55.1 Å². The monoisotopic (exact) mass is 1100 g/mol. The molecule has 0 bridgehead atoms. The topological polar surface area (TPSA) is 298 Å². The van der Waals surface area contributed by atoms with E-state index in [1.54, 1.807) is 38.1 Å². The van der Waals surface area contributed by atoms with Gasteiger partial charge in [-0.2, -0.15) is 0 Å². The summed E-state index contributed by atoms with van der Waals surface area (Å²) in [5.41, 5.74) is 1.86. The molecule has 2 aliphatic rings. The fourth-order valence-electron chi connectivity index (χ4n) is 9.83. The predicted molar refractivity (Wildman–Crippen MR) is 298 cm³/mol. The van der Waals surface area contributed by atoms with E-state index >= 15 is 0 Å². The van der Waals surface area contributed by atoms with Crippen LogP contribution in [0.15, 0.2) is 120 Å². The zero-order chi connectivity index (χ0) is 56.6. The minimum Gasteiger partial charge on any atom is -0.480 e. The SMILES string of the molecule is CC[C@H](C)[C@@H]1NC(=O)CNC(=O)[C@@H](NC(=O)[C@@H](NC(=O)[C@@H]2CCCN2)[C@@H](C)CC)Cc2c([nH]c3ccccc23)SC[C@@H](C(=O)N[C@@H](CC(=O)NC(c2ccccc2)(c2ccccc2)c2ccccc2)C(=O)O)NC(=O)CNC1=O. The molecule has 0 spiro atoms. The van der Waals surface area contributed by atoms with Crippen molar-refractivity contribution in [2.45, 2.75) is 113 Å². The highest BCUT2D eigenvalue weighted by Gasteiger charge is 2.40. The highest BCUT2D eigenvalue weighted by Crippen LogP contribution is 2.37. The third-order valence-corrected chi connectivity index (χ3v) is 15.8. The molecular weight excluding hydrogens is 1030 g/mol. The molecule has 2 aliphatic heterocycles. The lowest BCUT2D eigenvalue weighted by Crippen LogP contribution is -2.59. The number of benzene rings is 4. The van der Waals surface area contributed by atoms with Gasteiger partial charge in [0.15, 0.2) is 0 Å². The molecule has 1 aromatic heterocycles. The molecule has 11 N–H and O–H groups in total. The van der Waals surface area contributed by atoms with Crippen LogP contribution in [0.3, 0.4) is 0 Å². The normalized spacial score (nSPS) is 20.2. The van der Waals surface area contributed by atoms with Gasteiger partial charge in [0.1, 0.15) is 35.7 Å². The van der Waals surface area contributed by atoms with E-state index in [1.165, 1.54) is 0 Å². The minimum atomic E-state index is -1.81. The quantitative estimate of drug-likeness (QED) is 0.0600. The van der Waals surface area contributed by atoms with Crippen molar-refractivity contribution in [3.8, 4) is 0 Å². The van der Waals surface area contributed by atoms with Crippen molar-refractivity contribution >= 4 is 75.9 Å². The minimum absolute atomic E-state index is 0.176. The molecule has 8 amide bonds. The first kappa shape index (κ1) is 58.6. The Morgan fingerprint density at radius 3 is 1.85 bits per heavy atom. The molecule has 5 aromatic rings. The number of carbonyl (C=O) groups excluding carboxylic acids is 8. The molecule has 418 valence electrons. The maximum atomic E-state index is 14.6. The highest BCUT2D eigenvalue weighted by atomic mass is 32.2. The van der Waals surface area contributed by atoms with Crippen LogP contribution in [0.5, 0.6) is 0 Å². The smallest absolute Gasteiger partial charge is 0.326 e. The summed E-state index contributed by atoms with van der Waals surface area (Å²) in [7, 11) is 0.